The van der Waals surface area contributed by atoms with Gasteiger partial charge in [0.1, 0.15) is 5.75 Å². The second-order valence-electron chi connectivity index (χ2n) is 3.83. The Hall–Kier alpha value is -2.91. The number of phenolic OH excluding ortho intramolecular Hbond substituents is 1. The van der Waals surface area contributed by atoms with Crippen molar-refractivity contribution in [2.75, 3.05) is 0 Å². The Morgan fingerprint density at radius 3 is 1.59 bits per heavy atom. The van der Waals surface area contributed by atoms with Crippen molar-refractivity contribution in [1.82, 2.24) is 0 Å². The Balaban J connectivity index is 0.000000409. The topological polar surface area (TPSA) is 173 Å². The highest BCUT2D eigenvalue weighted by atomic mass is 16.4. The molecule has 0 spiro atoms. The largest absolute Gasteiger partial charge is 0.508 e. The molecule has 0 bridgehead atoms. The van der Waals surface area contributed by atoms with Gasteiger partial charge in [-0.3, -0.25) is 0 Å². The zero-order chi connectivity index (χ0) is 17.3. The van der Waals surface area contributed by atoms with Crippen molar-refractivity contribution in [1.29, 1.82) is 0 Å². The minimum absolute atomic E-state index is 0.169. The third-order valence-electron chi connectivity index (χ3n) is 2.12. The number of carboxylic acids is 3. The van der Waals surface area contributed by atoms with Crippen LogP contribution in [0.15, 0.2) is 30.3 Å². The number of benzene rings is 1. The van der Waals surface area contributed by atoms with Gasteiger partial charge in [-0.25, -0.2) is 14.4 Å². The lowest BCUT2D eigenvalue weighted by Crippen LogP contribution is -2.39. The average Bonchev–Trinajstić information content (AvgIpc) is 2.45. The molecular weight excluding hydrogens is 300 g/mol. The number of rotatable bonds is 5. The van der Waals surface area contributed by atoms with Crippen molar-refractivity contribution in [3.63, 3.8) is 0 Å². The normalized spacial score (nSPS) is 12.8. The number of hydrogen-bond acceptors (Lipinski definition) is 6. The highest BCUT2D eigenvalue weighted by Gasteiger charge is 2.29. The summed E-state index contributed by atoms with van der Waals surface area (Å²) < 4.78 is 0. The van der Waals surface area contributed by atoms with Crippen LogP contribution in [0.5, 0.6) is 5.75 Å². The molecule has 0 saturated carbocycles. The standard InChI is InChI=1S/C9H8O3.C4H6O6/c10-8-4-1-7(2-5-8)3-6-9(11)12;5-1(3(7)8)2(6)4(9)10/h1-6,10H,(H,11,12);1-2,5-6H,(H,7,8)(H,9,10). The van der Waals surface area contributed by atoms with Gasteiger partial charge in [0.15, 0.2) is 12.2 Å². The van der Waals surface area contributed by atoms with Crippen LogP contribution in [-0.4, -0.2) is 60.8 Å². The van der Waals surface area contributed by atoms with Crippen LogP contribution in [0.4, 0.5) is 0 Å². The molecule has 1 rings (SSSR count). The van der Waals surface area contributed by atoms with Crippen molar-refractivity contribution >= 4 is 24.0 Å². The molecule has 22 heavy (non-hydrogen) atoms. The molecule has 2 atom stereocenters. The summed E-state index contributed by atoms with van der Waals surface area (Å²) in [6.45, 7) is 0. The van der Waals surface area contributed by atoms with Gasteiger partial charge in [0, 0.05) is 6.08 Å². The smallest absolute Gasteiger partial charge is 0.335 e. The fraction of sp³-hybridized carbons (Fsp3) is 0.154. The van der Waals surface area contributed by atoms with Gasteiger partial charge in [0.2, 0.25) is 0 Å². The van der Waals surface area contributed by atoms with Gasteiger partial charge in [-0.15, -0.1) is 0 Å². The molecule has 6 N–H and O–H groups in total. The summed E-state index contributed by atoms with van der Waals surface area (Å²) in [5.41, 5.74) is 0.746. The Morgan fingerprint density at radius 2 is 1.27 bits per heavy atom. The first-order chi connectivity index (χ1) is 10.1. The van der Waals surface area contributed by atoms with E-state index in [9.17, 15) is 14.4 Å². The highest BCUT2D eigenvalue weighted by molar-refractivity contribution is 5.85. The summed E-state index contributed by atoms with van der Waals surface area (Å²) >= 11 is 0. The van der Waals surface area contributed by atoms with Gasteiger partial charge >= 0.3 is 17.9 Å². The van der Waals surface area contributed by atoms with Crippen LogP contribution in [0.3, 0.4) is 0 Å². The maximum Gasteiger partial charge on any atom is 0.335 e. The summed E-state index contributed by atoms with van der Waals surface area (Å²) in [6.07, 6.45) is -2.02. The molecule has 9 heteroatoms. The molecule has 120 valence electrons. The van der Waals surface area contributed by atoms with E-state index >= 15 is 0 Å². The zero-order valence-corrected chi connectivity index (χ0v) is 11.0. The van der Waals surface area contributed by atoms with Crippen molar-refractivity contribution in [3.8, 4) is 5.75 Å². The number of phenols is 1. The van der Waals surface area contributed by atoms with E-state index in [1.165, 1.54) is 18.2 Å². The number of aliphatic carboxylic acids is 3. The van der Waals surface area contributed by atoms with E-state index in [1.807, 2.05) is 0 Å². The van der Waals surface area contributed by atoms with E-state index in [0.717, 1.165) is 11.6 Å². The molecule has 0 saturated heterocycles. The molecule has 0 fully saturated rings. The third kappa shape index (κ3) is 7.62. The first-order valence-electron chi connectivity index (χ1n) is 5.67. The second-order valence-corrected chi connectivity index (χ2v) is 3.83. The summed E-state index contributed by atoms with van der Waals surface area (Å²) in [7, 11) is 0. The fourth-order valence-corrected chi connectivity index (χ4v) is 1.02. The van der Waals surface area contributed by atoms with Gasteiger partial charge in [0.25, 0.3) is 0 Å². The number of carbonyl (C=O) groups is 3. The second kappa shape index (κ2) is 9.10. The fourth-order valence-electron chi connectivity index (χ4n) is 1.02. The Kier molecular flexibility index (Phi) is 7.90. The van der Waals surface area contributed by atoms with Crippen LogP contribution in [0.2, 0.25) is 0 Å². The molecular formula is C13H14O9. The van der Waals surface area contributed by atoms with Crippen LogP contribution in [0.25, 0.3) is 6.08 Å². The van der Waals surface area contributed by atoms with Crippen molar-refractivity contribution in [3.05, 3.63) is 35.9 Å². The molecule has 0 heterocycles. The summed E-state index contributed by atoms with van der Waals surface area (Å²) in [4.78, 5) is 29.6. The van der Waals surface area contributed by atoms with E-state index in [-0.39, 0.29) is 5.75 Å². The Morgan fingerprint density at radius 1 is 0.864 bits per heavy atom. The number of carboxylic acid groups (broad SMARTS) is 3. The minimum Gasteiger partial charge on any atom is -0.508 e. The van der Waals surface area contributed by atoms with E-state index < -0.39 is 30.1 Å². The Labute approximate surface area is 124 Å². The van der Waals surface area contributed by atoms with Gasteiger partial charge in [-0.05, 0) is 23.8 Å². The van der Waals surface area contributed by atoms with Crippen LogP contribution in [0, 0.1) is 0 Å². The lowest BCUT2D eigenvalue weighted by Gasteiger charge is -2.07. The zero-order valence-electron chi connectivity index (χ0n) is 11.0. The predicted octanol–water partition coefficient (Wildman–Crippen LogP) is -0.633. The van der Waals surface area contributed by atoms with Crippen molar-refractivity contribution in [2.45, 2.75) is 12.2 Å². The first-order valence-corrected chi connectivity index (χ1v) is 5.67. The molecule has 0 aliphatic heterocycles. The number of aromatic hydroxyl groups is 1. The lowest BCUT2D eigenvalue weighted by molar-refractivity contribution is -0.165. The monoisotopic (exact) mass is 314 g/mol. The Bertz CT molecular complexity index is 529. The molecule has 1 aromatic carbocycles. The van der Waals surface area contributed by atoms with Gasteiger partial charge in [-0.1, -0.05) is 12.1 Å². The summed E-state index contributed by atoms with van der Waals surface area (Å²) in [6, 6.07) is 6.27. The van der Waals surface area contributed by atoms with E-state index in [2.05, 4.69) is 0 Å². The molecule has 0 radical (unpaired) electrons. The predicted molar refractivity (Wildman–Crippen MR) is 72.1 cm³/mol. The minimum atomic E-state index is -2.27. The third-order valence-corrected chi connectivity index (χ3v) is 2.12. The first kappa shape index (κ1) is 19.1. The molecule has 9 nitrogen and oxygen atoms in total. The van der Waals surface area contributed by atoms with Crippen LogP contribution in [0.1, 0.15) is 5.56 Å². The molecule has 0 aliphatic rings. The maximum absolute atomic E-state index is 10.1. The number of hydrogen-bond donors (Lipinski definition) is 6. The number of aliphatic hydroxyl groups excluding tert-OH is 2. The lowest BCUT2D eigenvalue weighted by atomic mass is 10.2. The highest BCUT2D eigenvalue weighted by Crippen LogP contribution is 2.10. The van der Waals surface area contributed by atoms with E-state index in [0.29, 0.717) is 0 Å². The van der Waals surface area contributed by atoms with Crippen molar-refractivity contribution < 1.29 is 45.0 Å². The molecule has 0 aromatic heterocycles. The van der Waals surface area contributed by atoms with Crippen LogP contribution >= 0.6 is 0 Å². The van der Waals surface area contributed by atoms with Crippen molar-refractivity contribution in [2.24, 2.45) is 0 Å². The number of aliphatic hydroxyl groups is 2. The van der Waals surface area contributed by atoms with E-state index in [1.54, 1.807) is 12.1 Å². The van der Waals surface area contributed by atoms with E-state index in [4.69, 9.17) is 30.6 Å². The van der Waals surface area contributed by atoms with Gasteiger partial charge in [0.05, 0.1) is 0 Å². The SMILES string of the molecule is O=C(O)C(O)C(O)C(=O)O.O=C(O)C=Cc1ccc(O)cc1. The molecule has 0 amide bonds. The summed E-state index contributed by atoms with van der Waals surface area (Å²) in [5, 5.41) is 49.7. The summed E-state index contributed by atoms with van der Waals surface area (Å²) in [5.74, 6) is -4.35. The van der Waals surface area contributed by atoms with Gasteiger partial charge < -0.3 is 30.6 Å². The molecule has 1 aromatic rings. The molecule has 2 unspecified atom stereocenters. The quantitative estimate of drug-likeness (QED) is 0.387. The van der Waals surface area contributed by atoms with Crippen LogP contribution < -0.4 is 0 Å². The molecule has 0 aliphatic carbocycles. The van der Waals surface area contributed by atoms with Gasteiger partial charge in [-0.2, -0.15) is 0 Å². The van der Waals surface area contributed by atoms with Crippen LogP contribution in [-0.2, 0) is 14.4 Å². The maximum atomic E-state index is 10.1. The average molecular weight is 314 g/mol.